The van der Waals surface area contributed by atoms with Gasteiger partial charge in [0.05, 0.1) is 0 Å². The summed E-state index contributed by atoms with van der Waals surface area (Å²) in [7, 11) is -3.95. The van der Waals surface area contributed by atoms with Crippen LogP contribution in [0.15, 0.2) is 71.5 Å². The topological polar surface area (TPSA) is 60.8 Å². The molecule has 0 N–H and O–H groups in total. The molecule has 3 aromatic rings. The first-order valence-electron chi connectivity index (χ1n) is 10.4. The molecule has 32 heavy (non-hydrogen) atoms. The molecule has 2 aliphatic rings. The Morgan fingerprint density at radius 1 is 0.812 bits per heavy atom. The van der Waals surface area contributed by atoms with Gasteiger partial charge in [0.1, 0.15) is 23.1 Å². The van der Waals surface area contributed by atoms with E-state index in [0.29, 0.717) is 19.6 Å². The molecule has 1 saturated heterocycles. The van der Waals surface area contributed by atoms with Crippen LogP contribution in [-0.4, -0.2) is 22.3 Å². The van der Waals surface area contributed by atoms with Crippen molar-refractivity contribution in [1.82, 2.24) is 9.24 Å². The van der Waals surface area contributed by atoms with Crippen LogP contribution < -0.4 is 14.6 Å². The van der Waals surface area contributed by atoms with E-state index in [1.165, 1.54) is 48.5 Å². The summed E-state index contributed by atoms with van der Waals surface area (Å²) < 4.78 is 56.0. The van der Waals surface area contributed by atoms with Gasteiger partial charge >= 0.3 is 7.75 Å². The van der Waals surface area contributed by atoms with E-state index in [1.54, 1.807) is 21.4 Å². The molecule has 3 heterocycles. The third-order valence-corrected chi connectivity index (χ3v) is 7.78. The highest BCUT2D eigenvalue weighted by Crippen LogP contribution is 2.55. The molecule has 1 fully saturated rings. The summed E-state index contributed by atoms with van der Waals surface area (Å²) >= 11 is 0. The molecule has 0 radical (unpaired) electrons. The zero-order valence-corrected chi connectivity index (χ0v) is 18.0. The molecule has 2 aromatic carbocycles. The van der Waals surface area contributed by atoms with E-state index in [-0.39, 0.29) is 28.9 Å². The van der Waals surface area contributed by atoms with Crippen molar-refractivity contribution in [3.63, 3.8) is 0 Å². The maximum absolute atomic E-state index is 14.1. The maximum Gasteiger partial charge on any atom is 0.515 e. The fourth-order valence-electron chi connectivity index (χ4n) is 4.46. The smallest absolute Gasteiger partial charge is 0.404 e. The third-order valence-electron chi connectivity index (χ3n) is 5.88. The van der Waals surface area contributed by atoms with Crippen molar-refractivity contribution >= 4 is 7.75 Å². The summed E-state index contributed by atoms with van der Waals surface area (Å²) in [6.07, 6.45) is 0.868. The van der Waals surface area contributed by atoms with Crippen LogP contribution in [0.25, 0.3) is 0 Å². The number of pyridine rings is 1. The summed E-state index contributed by atoms with van der Waals surface area (Å²) in [5, 5.41) is 0. The highest BCUT2D eigenvalue weighted by atomic mass is 31.2. The minimum absolute atomic E-state index is 0.0154. The fourth-order valence-corrected chi connectivity index (χ4v) is 6.34. The summed E-state index contributed by atoms with van der Waals surface area (Å²) in [4.78, 5) is 12.3. The van der Waals surface area contributed by atoms with Gasteiger partial charge in [0, 0.05) is 37.3 Å². The summed E-state index contributed by atoms with van der Waals surface area (Å²) in [5.74, 6) is -0.419. The molecule has 1 aromatic heterocycles. The van der Waals surface area contributed by atoms with E-state index in [2.05, 4.69) is 0 Å². The largest absolute Gasteiger partial charge is 0.515 e. The number of aromatic nitrogens is 1. The Labute approximate surface area is 183 Å². The highest BCUT2D eigenvalue weighted by Gasteiger charge is 2.45. The van der Waals surface area contributed by atoms with Crippen LogP contribution >= 0.6 is 7.75 Å². The zero-order chi connectivity index (χ0) is 22.3. The molecule has 0 spiro atoms. The van der Waals surface area contributed by atoms with Crippen LogP contribution in [0.4, 0.5) is 8.78 Å². The van der Waals surface area contributed by atoms with Crippen molar-refractivity contribution in [2.75, 3.05) is 13.1 Å². The van der Waals surface area contributed by atoms with Crippen molar-refractivity contribution in [3.8, 4) is 11.5 Å². The minimum atomic E-state index is -3.95. The van der Waals surface area contributed by atoms with E-state index in [4.69, 9.17) is 9.05 Å². The lowest BCUT2D eigenvalue weighted by Gasteiger charge is -2.43. The van der Waals surface area contributed by atoms with Gasteiger partial charge in [-0.25, -0.2) is 13.3 Å². The second kappa shape index (κ2) is 8.19. The van der Waals surface area contributed by atoms with Crippen LogP contribution in [0.5, 0.6) is 11.5 Å². The van der Waals surface area contributed by atoms with E-state index in [0.717, 1.165) is 12.1 Å². The fraction of sp³-hybridized carbons (Fsp3) is 0.261. The van der Waals surface area contributed by atoms with E-state index in [9.17, 15) is 18.1 Å². The molecule has 6 nitrogen and oxygen atoms in total. The Kier molecular flexibility index (Phi) is 5.35. The van der Waals surface area contributed by atoms with E-state index >= 15 is 0 Å². The first-order valence-corrected chi connectivity index (χ1v) is 11.8. The third kappa shape index (κ3) is 4.08. The number of hydrogen-bond acceptors (Lipinski definition) is 4. The molecule has 0 saturated carbocycles. The molecule has 2 bridgehead atoms. The van der Waals surface area contributed by atoms with E-state index < -0.39 is 19.4 Å². The van der Waals surface area contributed by atoms with Gasteiger partial charge in [-0.05, 0) is 66.9 Å². The van der Waals surface area contributed by atoms with Crippen molar-refractivity contribution in [2.24, 2.45) is 5.92 Å². The quantitative estimate of drug-likeness (QED) is 0.514. The van der Waals surface area contributed by atoms with Gasteiger partial charge < -0.3 is 13.6 Å². The van der Waals surface area contributed by atoms with Gasteiger partial charge in [-0.15, -0.1) is 0 Å². The number of benzene rings is 2. The molecular weight excluding hydrogens is 437 g/mol. The van der Waals surface area contributed by atoms with Gasteiger partial charge in [-0.1, -0.05) is 6.07 Å². The first-order chi connectivity index (χ1) is 15.4. The number of fused-ring (bicyclic) bond motifs is 4. The second-order valence-electron chi connectivity index (χ2n) is 8.13. The number of rotatable bonds is 5. The van der Waals surface area contributed by atoms with Gasteiger partial charge in [0.25, 0.3) is 5.56 Å². The summed E-state index contributed by atoms with van der Waals surface area (Å²) in [5.41, 5.74) is 0.854. The maximum atomic E-state index is 14.1. The predicted molar refractivity (Wildman–Crippen MR) is 115 cm³/mol. The Morgan fingerprint density at radius 3 is 2.00 bits per heavy atom. The standard InChI is InChI=1S/C23H21F2N2O4P/c24-18-4-8-20(9-5-18)30-32(29,31-21-10-6-19(25)7-11-21)26-13-16-12-17(15-26)22-2-1-3-23(28)27(22)14-16/h1-11,16-17H,12-15H2/t16-,17-/m0/s1. The molecule has 5 rings (SSSR count). The van der Waals surface area contributed by atoms with Gasteiger partial charge in [0.15, 0.2) is 0 Å². The lowest BCUT2D eigenvalue weighted by Crippen LogP contribution is -2.46. The SMILES string of the molecule is O=c1cccc2n1C[C@H]1C[C@H]2CN(P(=O)(Oc2ccc(F)cc2)Oc2ccc(F)cc2)C1. The number of nitrogens with zero attached hydrogens (tertiary/aromatic N) is 2. The number of halogens is 2. The molecule has 9 heteroatoms. The van der Waals surface area contributed by atoms with E-state index in [1.807, 2.05) is 6.07 Å². The predicted octanol–water partition coefficient (Wildman–Crippen LogP) is 4.81. The Balaban J connectivity index is 1.48. The number of hydrogen-bond donors (Lipinski definition) is 0. The zero-order valence-electron chi connectivity index (χ0n) is 17.1. The lowest BCUT2D eigenvalue weighted by atomic mass is 9.84. The average Bonchev–Trinajstić information content (AvgIpc) is 2.78. The molecule has 0 amide bonds. The normalized spacial score (nSPS) is 20.4. The van der Waals surface area contributed by atoms with Crippen molar-refractivity contribution < 1.29 is 22.4 Å². The molecule has 0 aliphatic carbocycles. The Hall–Kier alpha value is -2.96. The average molecular weight is 458 g/mol. The molecule has 166 valence electrons. The van der Waals surface area contributed by atoms with Gasteiger partial charge in [-0.3, -0.25) is 4.79 Å². The van der Waals surface area contributed by atoms with Crippen LogP contribution in [0.2, 0.25) is 0 Å². The van der Waals surface area contributed by atoms with Crippen molar-refractivity contribution in [2.45, 2.75) is 18.9 Å². The Bertz CT molecular complexity index is 1180. The van der Waals surface area contributed by atoms with Crippen LogP contribution in [0.3, 0.4) is 0 Å². The molecule has 2 aliphatic heterocycles. The minimum Gasteiger partial charge on any atom is -0.404 e. The molecule has 0 unspecified atom stereocenters. The number of piperidine rings is 1. The Morgan fingerprint density at radius 2 is 1.41 bits per heavy atom. The van der Waals surface area contributed by atoms with Crippen molar-refractivity contribution in [1.29, 1.82) is 0 Å². The molecular formula is C23H21F2N2O4P. The van der Waals surface area contributed by atoms with Crippen LogP contribution in [0, 0.1) is 17.6 Å². The second-order valence-corrected chi connectivity index (χ2v) is 10.00. The van der Waals surface area contributed by atoms with Gasteiger partial charge in [-0.2, -0.15) is 4.67 Å². The van der Waals surface area contributed by atoms with Crippen molar-refractivity contribution in [3.05, 3.63) is 94.4 Å². The highest BCUT2D eigenvalue weighted by molar-refractivity contribution is 7.52. The lowest BCUT2D eigenvalue weighted by molar-refractivity contribution is 0.158. The monoisotopic (exact) mass is 458 g/mol. The van der Waals surface area contributed by atoms with Gasteiger partial charge in [0.2, 0.25) is 0 Å². The van der Waals surface area contributed by atoms with Crippen LogP contribution in [0.1, 0.15) is 18.0 Å². The summed E-state index contributed by atoms with van der Waals surface area (Å²) in [6, 6.07) is 15.6. The first kappa shape index (κ1) is 20.9. The molecule has 2 atom stereocenters. The summed E-state index contributed by atoms with van der Waals surface area (Å²) in [6.45, 7) is 1.28. The van der Waals surface area contributed by atoms with Crippen LogP contribution in [-0.2, 0) is 11.1 Å².